The van der Waals surface area contributed by atoms with Crippen LogP contribution < -0.4 is 0 Å². The Bertz CT molecular complexity index is 640. The summed E-state index contributed by atoms with van der Waals surface area (Å²) in [7, 11) is 0. The molecule has 2 heterocycles. The van der Waals surface area contributed by atoms with Gasteiger partial charge in [0.25, 0.3) is 5.69 Å². The van der Waals surface area contributed by atoms with E-state index in [2.05, 4.69) is 15.1 Å². The lowest BCUT2D eigenvalue weighted by molar-refractivity contribution is -0.384. The Kier molecular flexibility index (Phi) is 4.16. The lowest BCUT2D eigenvalue weighted by Crippen LogP contribution is -2.32. The molecule has 7 nitrogen and oxygen atoms in total. The summed E-state index contributed by atoms with van der Waals surface area (Å²) in [6.07, 6.45) is 0. The summed E-state index contributed by atoms with van der Waals surface area (Å²) in [5, 5.41) is 18.8. The van der Waals surface area contributed by atoms with Gasteiger partial charge in [-0.25, -0.2) is 0 Å². The molecule has 0 saturated carbocycles. The first-order chi connectivity index (χ1) is 10.2. The highest BCUT2D eigenvalue weighted by Crippen LogP contribution is 2.23. The Labute approximate surface area is 125 Å². The maximum Gasteiger partial charge on any atom is 0.270 e. The molecule has 0 unspecified atom stereocenters. The number of nitro groups is 1. The van der Waals surface area contributed by atoms with E-state index in [0.717, 1.165) is 24.6 Å². The smallest absolute Gasteiger partial charge is 0.270 e. The van der Waals surface area contributed by atoms with Gasteiger partial charge in [-0.15, -0.1) is 10.2 Å². The van der Waals surface area contributed by atoms with Crippen molar-refractivity contribution in [3.8, 4) is 11.5 Å². The number of nitro benzene ring substituents is 1. The lowest BCUT2D eigenvalue weighted by Gasteiger charge is -2.24. The van der Waals surface area contributed by atoms with Crippen molar-refractivity contribution < 1.29 is 9.34 Å². The van der Waals surface area contributed by atoms with Gasteiger partial charge in [-0.2, -0.15) is 11.8 Å². The molecular formula is C13H14N4O3S. The van der Waals surface area contributed by atoms with Crippen molar-refractivity contribution in [1.29, 1.82) is 0 Å². The number of hydrogen-bond donors (Lipinski definition) is 0. The van der Waals surface area contributed by atoms with E-state index in [1.165, 1.54) is 12.1 Å². The predicted molar refractivity (Wildman–Crippen MR) is 79.0 cm³/mol. The molecule has 1 aromatic carbocycles. The zero-order chi connectivity index (χ0) is 14.7. The molecule has 0 bridgehead atoms. The van der Waals surface area contributed by atoms with Crippen LogP contribution in [-0.2, 0) is 6.54 Å². The molecule has 2 aromatic rings. The van der Waals surface area contributed by atoms with Gasteiger partial charge in [0.1, 0.15) is 0 Å². The van der Waals surface area contributed by atoms with E-state index < -0.39 is 4.92 Å². The summed E-state index contributed by atoms with van der Waals surface area (Å²) in [5.74, 6) is 3.10. The minimum Gasteiger partial charge on any atom is -0.419 e. The molecule has 0 radical (unpaired) electrons. The molecule has 21 heavy (non-hydrogen) atoms. The zero-order valence-electron chi connectivity index (χ0n) is 11.3. The Morgan fingerprint density at radius 3 is 2.90 bits per heavy atom. The van der Waals surface area contributed by atoms with Crippen LogP contribution in [0.2, 0.25) is 0 Å². The third kappa shape index (κ3) is 3.40. The summed E-state index contributed by atoms with van der Waals surface area (Å²) in [5.41, 5.74) is 0.581. The zero-order valence-corrected chi connectivity index (χ0v) is 12.1. The molecule has 110 valence electrons. The van der Waals surface area contributed by atoms with Crippen molar-refractivity contribution >= 4 is 17.4 Å². The van der Waals surface area contributed by atoms with Gasteiger partial charge in [-0.3, -0.25) is 15.0 Å². The standard InChI is InChI=1S/C13H14N4O3S/c18-17(19)11-3-1-2-10(8-11)13-15-14-12(20-13)9-16-4-6-21-7-5-16/h1-3,8H,4-7,9H2. The lowest BCUT2D eigenvalue weighted by atomic mass is 10.2. The average molecular weight is 306 g/mol. The summed E-state index contributed by atoms with van der Waals surface area (Å²) in [6, 6.07) is 6.21. The molecule has 0 amide bonds. The van der Waals surface area contributed by atoms with Crippen LogP contribution in [0.25, 0.3) is 11.5 Å². The predicted octanol–water partition coefficient (Wildman–Crippen LogP) is 2.19. The van der Waals surface area contributed by atoms with Crippen molar-refractivity contribution in [1.82, 2.24) is 15.1 Å². The average Bonchev–Trinajstić information content (AvgIpc) is 2.97. The fraction of sp³-hybridized carbons (Fsp3) is 0.385. The van der Waals surface area contributed by atoms with Crippen LogP contribution in [0.3, 0.4) is 0 Å². The molecular weight excluding hydrogens is 292 g/mol. The van der Waals surface area contributed by atoms with Crippen LogP contribution >= 0.6 is 11.8 Å². The summed E-state index contributed by atoms with van der Waals surface area (Å²) in [6.45, 7) is 2.65. The van der Waals surface area contributed by atoms with Gasteiger partial charge in [-0.05, 0) is 6.07 Å². The van der Waals surface area contributed by atoms with Gasteiger partial charge < -0.3 is 4.42 Å². The summed E-state index contributed by atoms with van der Waals surface area (Å²) in [4.78, 5) is 12.6. The number of aromatic nitrogens is 2. The summed E-state index contributed by atoms with van der Waals surface area (Å²) < 4.78 is 5.61. The van der Waals surface area contributed by atoms with Crippen LogP contribution in [0.4, 0.5) is 5.69 Å². The first-order valence-corrected chi connectivity index (χ1v) is 7.75. The number of nitrogens with zero attached hydrogens (tertiary/aromatic N) is 4. The van der Waals surface area contributed by atoms with Gasteiger partial charge in [0.05, 0.1) is 11.5 Å². The molecule has 0 N–H and O–H groups in total. The second-order valence-corrected chi connectivity index (χ2v) is 5.92. The Balaban J connectivity index is 1.75. The van der Waals surface area contributed by atoms with Gasteiger partial charge in [-0.1, -0.05) is 6.07 Å². The minimum atomic E-state index is -0.438. The third-order valence-corrected chi connectivity index (χ3v) is 4.18. The quantitative estimate of drug-likeness (QED) is 0.632. The largest absolute Gasteiger partial charge is 0.419 e. The minimum absolute atomic E-state index is 0.0142. The van der Waals surface area contributed by atoms with Crippen molar-refractivity contribution in [2.24, 2.45) is 0 Å². The van der Waals surface area contributed by atoms with Gasteiger partial charge in [0.2, 0.25) is 11.8 Å². The number of hydrogen-bond acceptors (Lipinski definition) is 7. The fourth-order valence-electron chi connectivity index (χ4n) is 2.14. The molecule has 1 aromatic heterocycles. The van der Waals surface area contributed by atoms with Gasteiger partial charge >= 0.3 is 0 Å². The van der Waals surface area contributed by atoms with E-state index in [-0.39, 0.29) is 5.69 Å². The number of thioether (sulfide) groups is 1. The molecule has 1 aliphatic rings. The fourth-order valence-corrected chi connectivity index (χ4v) is 3.12. The third-order valence-electron chi connectivity index (χ3n) is 3.23. The summed E-state index contributed by atoms with van der Waals surface area (Å²) >= 11 is 1.94. The highest BCUT2D eigenvalue weighted by atomic mass is 32.2. The van der Waals surface area contributed by atoms with E-state index in [4.69, 9.17) is 4.42 Å². The van der Waals surface area contributed by atoms with E-state index in [1.807, 2.05) is 11.8 Å². The second kappa shape index (κ2) is 6.23. The number of non-ortho nitro benzene ring substituents is 1. The topological polar surface area (TPSA) is 85.3 Å². The van der Waals surface area contributed by atoms with Crippen LogP contribution in [0.1, 0.15) is 5.89 Å². The molecule has 1 aliphatic heterocycles. The second-order valence-electron chi connectivity index (χ2n) is 4.70. The van der Waals surface area contributed by atoms with Crippen molar-refractivity contribution in [3.63, 3.8) is 0 Å². The molecule has 0 atom stereocenters. The Morgan fingerprint density at radius 2 is 2.14 bits per heavy atom. The van der Waals surface area contributed by atoms with Crippen LogP contribution in [0.15, 0.2) is 28.7 Å². The van der Waals surface area contributed by atoms with Crippen LogP contribution in [0, 0.1) is 10.1 Å². The highest BCUT2D eigenvalue weighted by Gasteiger charge is 2.16. The van der Waals surface area contributed by atoms with Crippen molar-refractivity contribution in [2.45, 2.75) is 6.54 Å². The van der Waals surface area contributed by atoms with E-state index >= 15 is 0 Å². The van der Waals surface area contributed by atoms with E-state index in [1.54, 1.807) is 12.1 Å². The maximum absolute atomic E-state index is 10.8. The molecule has 8 heteroatoms. The van der Waals surface area contributed by atoms with Crippen LogP contribution in [0.5, 0.6) is 0 Å². The molecule has 1 fully saturated rings. The number of rotatable bonds is 4. The normalized spacial score (nSPS) is 16.0. The first kappa shape index (κ1) is 14.0. The Hall–Kier alpha value is -1.93. The highest BCUT2D eigenvalue weighted by molar-refractivity contribution is 7.99. The maximum atomic E-state index is 10.8. The monoisotopic (exact) mass is 306 g/mol. The van der Waals surface area contributed by atoms with Crippen LogP contribution in [-0.4, -0.2) is 44.6 Å². The number of benzene rings is 1. The Morgan fingerprint density at radius 1 is 1.33 bits per heavy atom. The first-order valence-electron chi connectivity index (χ1n) is 6.60. The van der Waals surface area contributed by atoms with E-state index in [0.29, 0.717) is 23.9 Å². The molecule has 3 rings (SSSR count). The van der Waals surface area contributed by atoms with Crippen molar-refractivity contribution in [2.75, 3.05) is 24.6 Å². The van der Waals surface area contributed by atoms with Gasteiger partial charge in [0.15, 0.2) is 0 Å². The van der Waals surface area contributed by atoms with Crippen molar-refractivity contribution in [3.05, 3.63) is 40.3 Å². The molecule has 0 spiro atoms. The molecule has 1 saturated heterocycles. The van der Waals surface area contributed by atoms with Gasteiger partial charge in [0, 0.05) is 42.3 Å². The SMILES string of the molecule is O=[N+]([O-])c1cccc(-c2nnc(CN3CCSCC3)o2)c1. The van der Waals surface area contributed by atoms with E-state index in [9.17, 15) is 10.1 Å². The molecule has 0 aliphatic carbocycles.